The lowest BCUT2D eigenvalue weighted by molar-refractivity contribution is -0.117. The van der Waals surface area contributed by atoms with Crippen molar-refractivity contribution in [1.29, 1.82) is 0 Å². The van der Waals surface area contributed by atoms with Gasteiger partial charge in [0.05, 0.1) is 6.04 Å². The zero-order chi connectivity index (χ0) is 25.2. The minimum atomic E-state index is -0.113. The van der Waals surface area contributed by atoms with Gasteiger partial charge in [0.2, 0.25) is 24.1 Å². The molecule has 5 rings (SSSR count). The van der Waals surface area contributed by atoms with Gasteiger partial charge in [-0.05, 0) is 78.6 Å². The maximum absolute atomic E-state index is 12.5. The molecule has 0 saturated heterocycles. The summed E-state index contributed by atoms with van der Waals surface area (Å²) < 4.78 is 5.29. The van der Waals surface area contributed by atoms with E-state index in [1.807, 2.05) is 65.6 Å². The summed E-state index contributed by atoms with van der Waals surface area (Å²) in [6.07, 6.45) is 2.07. The van der Waals surface area contributed by atoms with Gasteiger partial charge in [0, 0.05) is 42.5 Å². The largest absolute Gasteiger partial charge is 0.423 e. The molecule has 0 radical (unpaired) electrons. The van der Waals surface area contributed by atoms with Crippen molar-refractivity contribution in [2.45, 2.75) is 39.3 Å². The van der Waals surface area contributed by atoms with E-state index in [1.165, 1.54) is 13.3 Å². The topological polar surface area (TPSA) is 100 Å². The summed E-state index contributed by atoms with van der Waals surface area (Å²) in [6, 6.07) is 21.8. The lowest BCUT2D eigenvalue weighted by Gasteiger charge is -2.39. The molecule has 1 aromatic heterocycles. The van der Waals surface area contributed by atoms with E-state index in [-0.39, 0.29) is 23.9 Å². The number of benzene rings is 3. The highest BCUT2D eigenvalue weighted by atomic mass is 16.4. The van der Waals surface area contributed by atoms with E-state index < -0.39 is 0 Å². The molecule has 36 heavy (non-hydrogen) atoms. The number of rotatable bonds is 5. The number of fused-ring (bicyclic) bond motifs is 1. The van der Waals surface area contributed by atoms with Crippen LogP contribution in [0.1, 0.15) is 38.8 Å². The smallest absolute Gasteiger partial charge is 0.247 e. The summed E-state index contributed by atoms with van der Waals surface area (Å²) in [4.78, 5) is 25.9. The van der Waals surface area contributed by atoms with Gasteiger partial charge in [0.25, 0.3) is 0 Å². The van der Waals surface area contributed by atoms with Gasteiger partial charge in [0.15, 0.2) is 0 Å². The zero-order valence-corrected chi connectivity index (χ0v) is 20.4. The highest BCUT2D eigenvalue weighted by Crippen LogP contribution is 2.41. The van der Waals surface area contributed by atoms with Gasteiger partial charge in [-0.15, -0.1) is 10.2 Å². The number of nitrogens with one attached hydrogen (secondary N) is 2. The Labute approximate surface area is 209 Å². The predicted octanol–water partition coefficient (Wildman–Crippen LogP) is 5.66. The van der Waals surface area contributed by atoms with Gasteiger partial charge < -0.3 is 20.0 Å². The van der Waals surface area contributed by atoms with Crippen molar-refractivity contribution in [2.24, 2.45) is 0 Å². The molecule has 0 unspecified atom stereocenters. The zero-order valence-electron chi connectivity index (χ0n) is 20.4. The van der Waals surface area contributed by atoms with Crippen molar-refractivity contribution < 1.29 is 14.0 Å². The molecule has 0 bridgehead atoms. The van der Waals surface area contributed by atoms with Crippen LogP contribution >= 0.6 is 0 Å². The van der Waals surface area contributed by atoms with Crippen molar-refractivity contribution in [3.05, 3.63) is 78.7 Å². The first-order valence-corrected chi connectivity index (χ1v) is 11.8. The number of anilines is 3. The fraction of sp³-hybridized carbons (Fsp3) is 0.214. The average molecular weight is 482 g/mol. The summed E-state index contributed by atoms with van der Waals surface area (Å²) in [6.45, 7) is 5.17. The van der Waals surface area contributed by atoms with E-state index in [1.54, 1.807) is 6.92 Å². The van der Waals surface area contributed by atoms with Crippen molar-refractivity contribution >= 4 is 28.9 Å². The monoisotopic (exact) mass is 481 g/mol. The Morgan fingerprint density at radius 2 is 1.69 bits per heavy atom. The average Bonchev–Trinajstić information content (AvgIpc) is 3.39. The molecule has 4 aromatic rings. The van der Waals surface area contributed by atoms with Crippen LogP contribution in [0.5, 0.6) is 0 Å². The van der Waals surface area contributed by atoms with Gasteiger partial charge in [-0.2, -0.15) is 0 Å². The molecule has 3 aromatic carbocycles. The molecule has 1 aliphatic heterocycles. The molecule has 0 fully saturated rings. The van der Waals surface area contributed by atoms with Gasteiger partial charge in [0.1, 0.15) is 0 Å². The van der Waals surface area contributed by atoms with E-state index in [9.17, 15) is 9.59 Å². The molecule has 182 valence electrons. The summed E-state index contributed by atoms with van der Waals surface area (Å²) >= 11 is 0. The third kappa shape index (κ3) is 4.70. The Morgan fingerprint density at radius 1 is 0.944 bits per heavy atom. The van der Waals surface area contributed by atoms with Crippen LogP contribution in [0, 0.1) is 0 Å². The Morgan fingerprint density at radius 3 is 2.39 bits per heavy atom. The Balaban J connectivity index is 1.49. The minimum absolute atomic E-state index is 0.00154. The van der Waals surface area contributed by atoms with Crippen molar-refractivity contribution in [1.82, 2.24) is 10.2 Å². The lowest BCUT2D eigenvalue weighted by Crippen LogP contribution is -2.43. The normalized spacial score (nSPS) is 16.8. The van der Waals surface area contributed by atoms with Gasteiger partial charge in [-0.25, -0.2) is 0 Å². The van der Waals surface area contributed by atoms with E-state index in [4.69, 9.17) is 4.42 Å². The van der Waals surface area contributed by atoms with Gasteiger partial charge in [-0.3, -0.25) is 9.59 Å². The maximum Gasteiger partial charge on any atom is 0.247 e. The first-order valence-electron chi connectivity index (χ1n) is 11.8. The third-order valence-corrected chi connectivity index (χ3v) is 6.37. The van der Waals surface area contributed by atoms with Crippen LogP contribution < -0.4 is 15.5 Å². The third-order valence-electron chi connectivity index (χ3n) is 6.37. The highest BCUT2D eigenvalue weighted by Gasteiger charge is 2.32. The molecular formula is C28H27N5O3. The number of amides is 2. The molecule has 2 N–H and O–H groups in total. The maximum atomic E-state index is 12.5. The van der Waals surface area contributed by atoms with E-state index in [0.717, 1.165) is 45.7 Å². The molecule has 0 spiro atoms. The molecule has 0 aliphatic carbocycles. The first kappa shape index (κ1) is 23.3. The van der Waals surface area contributed by atoms with E-state index >= 15 is 0 Å². The van der Waals surface area contributed by atoms with Crippen LogP contribution in [0.15, 0.2) is 77.5 Å². The Bertz CT molecular complexity index is 1400. The summed E-state index contributed by atoms with van der Waals surface area (Å²) in [5.41, 5.74) is 6.50. The predicted molar refractivity (Wildman–Crippen MR) is 140 cm³/mol. The van der Waals surface area contributed by atoms with Crippen LogP contribution in [0.25, 0.3) is 22.6 Å². The van der Waals surface area contributed by atoms with Gasteiger partial charge >= 0.3 is 0 Å². The van der Waals surface area contributed by atoms with Crippen LogP contribution in [-0.4, -0.2) is 28.1 Å². The van der Waals surface area contributed by atoms with E-state index in [2.05, 4.69) is 33.8 Å². The Hall–Kier alpha value is -4.46. The van der Waals surface area contributed by atoms with E-state index in [0.29, 0.717) is 5.89 Å². The first-order chi connectivity index (χ1) is 17.4. The quantitative estimate of drug-likeness (QED) is 0.381. The molecule has 0 saturated carbocycles. The van der Waals surface area contributed by atoms with Crippen molar-refractivity contribution in [2.75, 3.05) is 15.5 Å². The fourth-order valence-corrected chi connectivity index (χ4v) is 4.85. The van der Waals surface area contributed by atoms with Crippen LogP contribution in [0.4, 0.5) is 17.1 Å². The molecular weight excluding hydrogens is 454 g/mol. The summed E-state index contributed by atoms with van der Waals surface area (Å²) in [7, 11) is 0. The summed E-state index contributed by atoms with van der Waals surface area (Å²) in [5, 5.41) is 14.2. The second kappa shape index (κ2) is 9.65. The minimum Gasteiger partial charge on any atom is -0.423 e. The number of nitrogens with zero attached hydrogens (tertiary/aromatic N) is 3. The van der Waals surface area contributed by atoms with Gasteiger partial charge in [-0.1, -0.05) is 18.2 Å². The van der Waals surface area contributed by atoms with Crippen LogP contribution in [0.2, 0.25) is 0 Å². The molecule has 2 heterocycles. The van der Waals surface area contributed by atoms with Crippen LogP contribution in [0.3, 0.4) is 0 Å². The second-order valence-corrected chi connectivity index (χ2v) is 9.03. The number of aromatic nitrogens is 2. The number of hydrogen-bond acceptors (Lipinski definition) is 6. The molecule has 8 heteroatoms. The van der Waals surface area contributed by atoms with Crippen LogP contribution in [-0.2, 0) is 9.59 Å². The lowest BCUT2D eigenvalue weighted by atomic mass is 9.88. The SMILES string of the molecule is CC(=O)Nc1cccc(-c2ccc3c(c2)[C@H](Nc2ccc(-c4nnco4)cc2)C[C@H](C)N3C(C)=O)c1. The molecule has 2 amide bonds. The molecule has 2 atom stereocenters. The standard InChI is InChI=1S/C28H27N5O3/c1-17-13-26(31-23-10-7-20(8-11-23)28-32-29-16-36-28)25-15-22(9-12-27(25)33(17)19(3)35)21-5-4-6-24(14-21)30-18(2)34/h4-12,14-17,26,31H,13H2,1-3H3,(H,30,34)/t17-,26+/m0/s1. The number of carbonyl (C=O) groups is 2. The Kier molecular flexibility index (Phi) is 6.25. The second-order valence-electron chi connectivity index (χ2n) is 9.03. The molecule has 8 nitrogen and oxygen atoms in total. The van der Waals surface area contributed by atoms with Crippen molar-refractivity contribution in [3.63, 3.8) is 0 Å². The van der Waals surface area contributed by atoms with Crippen molar-refractivity contribution in [3.8, 4) is 22.6 Å². The molecule has 1 aliphatic rings. The highest BCUT2D eigenvalue weighted by molar-refractivity contribution is 5.94. The summed E-state index contributed by atoms with van der Waals surface area (Å²) in [5.74, 6) is 0.381. The number of hydrogen-bond donors (Lipinski definition) is 2. The fourth-order valence-electron chi connectivity index (χ4n) is 4.85. The number of carbonyl (C=O) groups excluding carboxylic acids is 2.